The Morgan fingerprint density at radius 3 is 3.13 bits per heavy atom. The van der Waals surface area contributed by atoms with Gasteiger partial charge in [-0.25, -0.2) is 0 Å². The lowest BCUT2D eigenvalue weighted by molar-refractivity contribution is -0.125. The number of ether oxygens (including phenoxy) is 1. The maximum Gasteiger partial charge on any atom is 0.246 e. The highest BCUT2D eigenvalue weighted by Crippen LogP contribution is 2.18. The Bertz CT molecular complexity index is 669. The molecule has 1 aliphatic rings. The third kappa shape index (κ3) is 3.71. The highest BCUT2D eigenvalue weighted by Gasteiger charge is 2.26. The molecule has 3 rings (SSSR count). The number of carbonyl (C=O) groups is 1. The molecule has 0 spiro atoms. The largest absolute Gasteiger partial charge is 0.371 e. The first-order valence-electron chi connectivity index (χ1n) is 7.77. The maximum absolute atomic E-state index is 12.2. The van der Waals surface area contributed by atoms with Gasteiger partial charge in [-0.05, 0) is 38.5 Å². The van der Waals surface area contributed by atoms with E-state index in [0.717, 1.165) is 35.7 Å². The summed E-state index contributed by atoms with van der Waals surface area (Å²) in [6.07, 6.45) is 6.14. The normalized spacial score (nSPS) is 18.2. The second-order valence-electron chi connectivity index (χ2n) is 5.77. The second kappa shape index (κ2) is 6.83. The molecule has 1 amide bonds. The number of carbonyl (C=O) groups excluding carboxylic acids is 1. The van der Waals surface area contributed by atoms with Crippen LogP contribution in [0.2, 0.25) is 0 Å². The van der Waals surface area contributed by atoms with Crippen molar-refractivity contribution in [3.8, 4) is 0 Å². The summed E-state index contributed by atoms with van der Waals surface area (Å²) < 4.78 is 11.0. The van der Waals surface area contributed by atoms with E-state index in [1.165, 1.54) is 0 Å². The number of hydrogen-bond donors (Lipinski definition) is 1. The molecular formula is C17H21N3O3. The number of aryl methyl sites for hydroxylation is 2. The molecule has 3 heterocycles. The SMILES string of the molecule is Cc1noc(C)c1COC1CCN(C(=O)/C=C/c2ccc[nH]2)C1. The fourth-order valence-corrected chi connectivity index (χ4v) is 2.69. The van der Waals surface area contributed by atoms with Gasteiger partial charge in [0.05, 0.1) is 18.4 Å². The Balaban J connectivity index is 1.49. The van der Waals surface area contributed by atoms with Crippen LogP contribution in [0, 0.1) is 13.8 Å². The molecule has 1 unspecified atom stereocenters. The van der Waals surface area contributed by atoms with E-state index >= 15 is 0 Å². The van der Waals surface area contributed by atoms with Crippen molar-refractivity contribution in [2.75, 3.05) is 13.1 Å². The average Bonchev–Trinajstić information content (AvgIpc) is 3.26. The predicted octanol–water partition coefficient (Wildman–Crippen LogP) is 2.45. The van der Waals surface area contributed by atoms with E-state index in [4.69, 9.17) is 9.26 Å². The highest BCUT2D eigenvalue weighted by molar-refractivity contribution is 5.91. The van der Waals surface area contributed by atoms with Gasteiger partial charge < -0.3 is 19.1 Å². The van der Waals surface area contributed by atoms with Gasteiger partial charge in [0.1, 0.15) is 5.76 Å². The summed E-state index contributed by atoms with van der Waals surface area (Å²) in [5.74, 6) is 0.811. The van der Waals surface area contributed by atoms with Gasteiger partial charge in [-0.15, -0.1) is 0 Å². The summed E-state index contributed by atoms with van der Waals surface area (Å²) in [6, 6.07) is 3.82. The number of aromatic amines is 1. The van der Waals surface area contributed by atoms with Gasteiger partial charge in [-0.3, -0.25) is 4.79 Å². The highest BCUT2D eigenvalue weighted by atomic mass is 16.5. The Kier molecular flexibility index (Phi) is 4.62. The second-order valence-corrected chi connectivity index (χ2v) is 5.77. The molecule has 6 heteroatoms. The minimum atomic E-state index is 0.0167. The Morgan fingerprint density at radius 2 is 2.43 bits per heavy atom. The van der Waals surface area contributed by atoms with Crippen LogP contribution in [0.15, 0.2) is 28.9 Å². The quantitative estimate of drug-likeness (QED) is 0.860. The predicted molar refractivity (Wildman–Crippen MR) is 85.6 cm³/mol. The molecule has 1 atom stereocenters. The lowest BCUT2D eigenvalue weighted by Gasteiger charge is -2.14. The molecule has 1 saturated heterocycles. The van der Waals surface area contributed by atoms with E-state index in [2.05, 4.69) is 10.1 Å². The average molecular weight is 315 g/mol. The van der Waals surface area contributed by atoms with E-state index in [1.807, 2.05) is 37.1 Å². The molecule has 0 saturated carbocycles. The molecule has 1 aliphatic heterocycles. The van der Waals surface area contributed by atoms with Crippen molar-refractivity contribution in [1.82, 2.24) is 15.0 Å². The van der Waals surface area contributed by atoms with Gasteiger partial charge in [0.25, 0.3) is 0 Å². The van der Waals surface area contributed by atoms with Crippen molar-refractivity contribution < 1.29 is 14.1 Å². The number of likely N-dealkylation sites (tertiary alicyclic amines) is 1. The number of hydrogen-bond acceptors (Lipinski definition) is 4. The molecular weight excluding hydrogens is 294 g/mol. The van der Waals surface area contributed by atoms with E-state index in [1.54, 1.807) is 12.2 Å². The summed E-state index contributed by atoms with van der Waals surface area (Å²) in [5, 5.41) is 3.92. The fraction of sp³-hybridized carbons (Fsp3) is 0.412. The van der Waals surface area contributed by atoms with Crippen LogP contribution in [0.1, 0.15) is 29.1 Å². The van der Waals surface area contributed by atoms with Crippen LogP contribution in [-0.2, 0) is 16.1 Å². The van der Waals surface area contributed by atoms with E-state index in [0.29, 0.717) is 13.2 Å². The van der Waals surface area contributed by atoms with Crippen LogP contribution in [-0.4, -0.2) is 40.1 Å². The minimum Gasteiger partial charge on any atom is -0.371 e. The minimum absolute atomic E-state index is 0.0167. The first-order valence-corrected chi connectivity index (χ1v) is 7.77. The van der Waals surface area contributed by atoms with Crippen LogP contribution >= 0.6 is 0 Å². The number of amides is 1. The van der Waals surface area contributed by atoms with E-state index in [9.17, 15) is 4.79 Å². The summed E-state index contributed by atoms with van der Waals surface area (Å²) in [5.41, 5.74) is 2.78. The summed E-state index contributed by atoms with van der Waals surface area (Å²) >= 11 is 0. The van der Waals surface area contributed by atoms with Gasteiger partial charge >= 0.3 is 0 Å². The zero-order chi connectivity index (χ0) is 16.2. The Hall–Kier alpha value is -2.34. The summed E-state index contributed by atoms with van der Waals surface area (Å²) in [7, 11) is 0. The number of nitrogens with zero attached hydrogens (tertiary/aromatic N) is 2. The molecule has 1 N–H and O–H groups in total. The molecule has 0 bridgehead atoms. The van der Waals surface area contributed by atoms with Crippen molar-refractivity contribution in [3.63, 3.8) is 0 Å². The number of aromatic nitrogens is 2. The first-order chi connectivity index (χ1) is 11.1. The number of nitrogens with one attached hydrogen (secondary N) is 1. The first kappa shape index (κ1) is 15.6. The van der Waals surface area contributed by atoms with Crippen LogP contribution in [0.3, 0.4) is 0 Å². The standard InChI is InChI=1S/C17H21N3O3/c1-12-16(13(2)23-19-12)11-22-15-7-9-20(10-15)17(21)6-5-14-4-3-8-18-14/h3-6,8,15,18H,7,9-11H2,1-2H3/b6-5+. The lowest BCUT2D eigenvalue weighted by atomic mass is 10.2. The third-order valence-corrected chi connectivity index (χ3v) is 4.13. The number of rotatable bonds is 5. The topological polar surface area (TPSA) is 71.4 Å². The molecule has 0 aromatic carbocycles. The van der Waals surface area contributed by atoms with Crippen LogP contribution in [0.5, 0.6) is 0 Å². The molecule has 2 aromatic rings. The van der Waals surface area contributed by atoms with Gasteiger partial charge in [0.2, 0.25) is 5.91 Å². The van der Waals surface area contributed by atoms with Crippen LogP contribution < -0.4 is 0 Å². The zero-order valence-electron chi connectivity index (χ0n) is 13.4. The molecule has 1 fully saturated rings. The Labute approximate surface area is 135 Å². The fourth-order valence-electron chi connectivity index (χ4n) is 2.69. The molecule has 2 aromatic heterocycles. The van der Waals surface area contributed by atoms with E-state index in [-0.39, 0.29) is 12.0 Å². The zero-order valence-corrected chi connectivity index (χ0v) is 13.4. The van der Waals surface area contributed by atoms with Gasteiger partial charge in [0.15, 0.2) is 0 Å². The van der Waals surface area contributed by atoms with Gasteiger partial charge in [-0.1, -0.05) is 5.16 Å². The Morgan fingerprint density at radius 1 is 1.57 bits per heavy atom. The van der Waals surface area contributed by atoms with Crippen molar-refractivity contribution >= 4 is 12.0 Å². The number of H-pyrrole nitrogens is 1. The van der Waals surface area contributed by atoms with Crippen molar-refractivity contribution in [1.29, 1.82) is 0 Å². The van der Waals surface area contributed by atoms with Crippen LogP contribution in [0.25, 0.3) is 6.08 Å². The molecule has 0 radical (unpaired) electrons. The summed E-state index contributed by atoms with van der Waals surface area (Å²) in [6.45, 7) is 5.61. The smallest absolute Gasteiger partial charge is 0.246 e. The van der Waals surface area contributed by atoms with Crippen molar-refractivity contribution in [3.05, 3.63) is 47.1 Å². The molecule has 122 valence electrons. The lowest BCUT2D eigenvalue weighted by Crippen LogP contribution is -2.28. The van der Waals surface area contributed by atoms with Crippen LogP contribution in [0.4, 0.5) is 0 Å². The molecule has 23 heavy (non-hydrogen) atoms. The molecule has 0 aliphatic carbocycles. The maximum atomic E-state index is 12.2. The monoisotopic (exact) mass is 315 g/mol. The summed E-state index contributed by atoms with van der Waals surface area (Å²) in [4.78, 5) is 17.0. The van der Waals surface area contributed by atoms with Crippen molar-refractivity contribution in [2.45, 2.75) is 33.0 Å². The van der Waals surface area contributed by atoms with Gasteiger partial charge in [-0.2, -0.15) is 0 Å². The third-order valence-electron chi connectivity index (χ3n) is 4.13. The van der Waals surface area contributed by atoms with Crippen molar-refractivity contribution in [2.24, 2.45) is 0 Å². The van der Waals surface area contributed by atoms with Gasteiger partial charge in [0, 0.05) is 36.6 Å². The van der Waals surface area contributed by atoms with E-state index < -0.39 is 0 Å². The molecule has 6 nitrogen and oxygen atoms in total.